The number of thiophene rings is 1. The minimum absolute atomic E-state index is 0.0915. The lowest BCUT2D eigenvalue weighted by molar-refractivity contribution is 0.829. The Morgan fingerprint density at radius 1 is 1.27 bits per heavy atom. The average Bonchev–Trinajstić information content (AvgIpc) is 2.64. The number of aromatic nitrogens is 1. The van der Waals surface area contributed by atoms with Gasteiger partial charge >= 0.3 is 0 Å². The first-order valence-electron chi connectivity index (χ1n) is 4.91. The van der Waals surface area contributed by atoms with Crippen molar-refractivity contribution in [3.63, 3.8) is 0 Å². The molecule has 0 spiro atoms. The van der Waals surface area contributed by atoms with Gasteiger partial charge in [-0.25, -0.2) is 0 Å². The second-order valence-corrected chi connectivity index (χ2v) is 4.60. The van der Waals surface area contributed by atoms with Gasteiger partial charge in [0.25, 0.3) is 0 Å². The molecule has 0 aliphatic heterocycles. The number of nitrogens with two attached hydrogens (primary N) is 1. The van der Waals surface area contributed by atoms with E-state index in [4.69, 9.17) is 5.73 Å². The number of rotatable bonds is 2. The molecule has 0 saturated heterocycles. The first-order chi connectivity index (χ1) is 7.20. The topological polar surface area (TPSA) is 38.9 Å². The number of hydrogen-bond donors (Lipinski definition) is 1. The first-order valence-corrected chi connectivity index (χ1v) is 5.79. The third kappa shape index (κ3) is 1.94. The zero-order chi connectivity index (χ0) is 10.8. The molecule has 3 heteroatoms. The predicted octanol–water partition coefficient (Wildman–Crippen LogP) is 2.81. The Kier molecular flexibility index (Phi) is 2.84. The zero-order valence-corrected chi connectivity index (χ0v) is 9.71. The molecule has 0 bridgehead atoms. The molecule has 2 aromatic heterocycles. The van der Waals surface area contributed by atoms with Crippen LogP contribution in [0.4, 0.5) is 0 Å². The van der Waals surface area contributed by atoms with E-state index in [-0.39, 0.29) is 6.04 Å². The van der Waals surface area contributed by atoms with Gasteiger partial charge in [0.15, 0.2) is 0 Å². The molecule has 0 fully saturated rings. The van der Waals surface area contributed by atoms with E-state index in [1.807, 2.05) is 19.1 Å². The van der Waals surface area contributed by atoms with Crippen molar-refractivity contribution in [2.24, 2.45) is 5.73 Å². The smallest absolute Gasteiger partial charge is 0.0825 e. The van der Waals surface area contributed by atoms with Crippen LogP contribution in [0.15, 0.2) is 29.8 Å². The maximum atomic E-state index is 6.21. The molecule has 2 nitrogen and oxygen atoms in total. The van der Waals surface area contributed by atoms with Gasteiger partial charge in [0.05, 0.1) is 11.7 Å². The Hall–Kier alpha value is -1.19. The summed E-state index contributed by atoms with van der Waals surface area (Å²) in [7, 11) is 0. The lowest BCUT2D eigenvalue weighted by atomic mass is 10.1. The molecule has 1 unspecified atom stereocenters. The molecule has 15 heavy (non-hydrogen) atoms. The summed E-state index contributed by atoms with van der Waals surface area (Å²) < 4.78 is 0. The maximum Gasteiger partial charge on any atom is 0.0825 e. The summed E-state index contributed by atoms with van der Waals surface area (Å²) in [5, 5.41) is 2.07. The highest BCUT2D eigenvalue weighted by molar-refractivity contribution is 7.10. The van der Waals surface area contributed by atoms with Crippen molar-refractivity contribution >= 4 is 11.3 Å². The number of hydrogen-bond acceptors (Lipinski definition) is 3. The van der Waals surface area contributed by atoms with Crippen molar-refractivity contribution in [2.75, 3.05) is 0 Å². The predicted molar refractivity (Wildman–Crippen MR) is 64.1 cm³/mol. The third-order valence-electron chi connectivity index (χ3n) is 2.53. The minimum Gasteiger partial charge on any atom is -0.318 e. The van der Waals surface area contributed by atoms with Gasteiger partial charge in [0.2, 0.25) is 0 Å². The van der Waals surface area contributed by atoms with E-state index in [0.29, 0.717) is 0 Å². The Morgan fingerprint density at radius 2 is 2.07 bits per heavy atom. The molecule has 2 N–H and O–H groups in total. The summed E-state index contributed by atoms with van der Waals surface area (Å²) in [5.74, 6) is 0. The average molecular weight is 218 g/mol. The zero-order valence-electron chi connectivity index (χ0n) is 8.90. The van der Waals surface area contributed by atoms with E-state index in [1.54, 1.807) is 17.5 Å². The molecular formula is C12H14N2S. The molecule has 0 aromatic carbocycles. The van der Waals surface area contributed by atoms with E-state index in [9.17, 15) is 0 Å². The molecule has 2 rings (SSSR count). The fraction of sp³-hybridized carbons (Fsp3) is 0.250. The van der Waals surface area contributed by atoms with Gasteiger partial charge in [-0.05, 0) is 42.5 Å². The molecule has 0 saturated carbocycles. The van der Waals surface area contributed by atoms with Crippen LogP contribution in [-0.2, 0) is 0 Å². The fourth-order valence-electron chi connectivity index (χ4n) is 1.65. The van der Waals surface area contributed by atoms with Crippen molar-refractivity contribution < 1.29 is 0 Å². The largest absolute Gasteiger partial charge is 0.318 e. The van der Waals surface area contributed by atoms with E-state index in [1.165, 1.54) is 10.4 Å². The normalized spacial score (nSPS) is 12.7. The summed E-state index contributed by atoms with van der Waals surface area (Å²) in [5.41, 5.74) is 9.58. The number of pyridine rings is 1. The van der Waals surface area contributed by atoms with E-state index in [0.717, 1.165) is 11.3 Å². The molecular weight excluding hydrogens is 204 g/mol. The third-order valence-corrected chi connectivity index (χ3v) is 3.63. The summed E-state index contributed by atoms with van der Waals surface area (Å²) >= 11 is 1.70. The second kappa shape index (κ2) is 4.13. The van der Waals surface area contributed by atoms with Crippen LogP contribution in [-0.4, -0.2) is 4.98 Å². The van der Waals surface area contributed by atoms with Crippen LogP contribution in [0.5, 0.6) is 0 Å². The van der Waals surface area contributed by atoms with Crippen molar-refractivity contribution in [1.29, 1.82) is 0 Å². The highest BCUT2D eigenvalue weighted by Gasteiger charge is 2.15. The molecule has 0 radical (unpaired) electrons. The van der Waals surface area contributed by atoms with Gasteiger partial charge in [-0.15, -0.1) is 11.3 Å². The fourth-order valence-corrected chi connectivity index (χ4v) is 2.58. The van der Waals surface area contributed by atoms with E-state index in [2.05, 4.69) is 23.4 Å². The Bertz CT molecular complexity index is 462. The molecule has 0 amide bonds. The summed E-state index contributed by atoms with van der Waals surface area (Å²) in [6, 6.07) is 5.99. The van der Waals surface area contributed by atoms with Gasteiger partial charge in [0.1, 0.15) is 0 Å². The van der Waals surface area contributed by atoms with Gasteiger partial charge < -0.3 is 5.73 Å². The van der Waals surface area contributed by atoms with Gasteiger partial charge in [0, 0.05) is 11.1 Å². The van der Waals surface area contributed by atoms with Crippen molar-refractivity contribution in [3.05, 3.63) is 51.5 Å². The van der Waals surface area contributed by atoms with Gasteiger partial charge in [-0.2, -0.15) is 0 Å². The first kappa shape index (κ1) is 10.3. The van der Waals surface area contributed by atoms with Gasteiger partial charge in [-0.3, -0.25) is 4.98 Å². The lowest BCUT2D eigenvalue weighted by Crippen LogP contribution is -2.14. The standard InChI is InChI=1S/C12H14N2S/c1-8-4-3-6-14-11(8)10(13)12-9(2)5-7-15-12/h3-7,10H,13H2,1-2H3. The summed E-state index contributed by atoms with van der Waals surface area (Å²) in [6.07, 6.45) is 1.80. The van der Waals surface area contributed by atoms with Crippen LogP contribution in [0.3, 0.4) is 0 Å². The molecule has 78 valence electrons. The summed E-state index contributed by atoms with van der Waals surface area (Å²) in [6.45, 7) is 4.13. The van der Waals surface area contributed by atoms with Gasteiger partial charge in [-0.1, -0.05) is 6.07 Å². The Balaban J connectivity index is 2.41. The number of aryl methyl sites for hydroxylation is 2. The highest BCUT2D eigenvalue weighted by atomic mass is 32.1. The van der Waals surface area contributed by atoms with Crippen LogP contribution >= 0.6 is 11.3 Å². The quantitative estimate of drug-likeness (QED) is 0.841. The van der Waals surface area contributed by atoms with E-state index >= 15 is 0 Å². The van der Waals surface area contributed by atoms with Crippen LogP contribution in [0.2, 0.25) is 0 Å². The SMILES string of the molecule is Cc1cccnc1C(N)c1sccc1C. The molecule has 1 atom stereocenters. The van der Waals surface area contributed by atoms with Crippen LogP contribution < -0.4 is 5.73 Å². The van der Waals surface area contributed by atoms with Crippen LogP contribution in [0.25, 0.3) is 0 Å². The van der Waals surface area contributed by atoms with Crippen molar-refractivity contribution in [1.82, 2.24) is 4.98 Å². The van der Waals surface area contributed by atoms with Crippen LogP contribution in [0, 0.1) is 13.8 Å². The Labute approximate surface area is 93.8 Å². The Morgan fingerprint density at radius 3 is 2.67 bits per heavy atom. The monoisotopic (exact) mass is 218 g/mol. The second-order valence-electron chi connectivity index (χ2n) is 3.65. The van der Waals surface area contributed by atoms with Crippen LogP contribution in [0.1, 0.15) is 27.7 Å². The van der Waals surface area contributed by atoms with E-state index < -0.39 is 0 Å². The molecule has 0 aliphatic rings. The molecule has 2 aromatic rings. The lowest BCUT2D eigenvalue weighted by Gasteiger charge is -2.12. The maximum absolute atomic E-state index is 6.21. The summed E-state index contributed by atoms with van der Waals surface area (Å²) in [4.78, 5) is 5.56. The number of nitrogens with zero attached hydrogens (tertiary/aromatic N) is 1. The van der Waals surface area contributed by atoms with Crippen molar-refractivity contribution in [2.45, 2.75) is 19.9 Å². The molecule has 0 aliphatic carbocycles. The molecule has 2 heterocycles. The van der Waals surface area contributed by atoms with Crippen molar-refractivity contribution in [3.8, 4) is 0 Å². The highest BCUT2D eigenvalue weighted by Crippen LogP contribution is 2.27. The minimum atomic E-state index is -0.0915.